The van der Waals surface area contributed by atoms with E-state index in [1.54, 1.807) is 0 Å². The predicted molar refractivity (Wildman–Crippen MR) is 177 cm³/mol. The van der Waals surface area contributed by atoms with Crippen LogP contribution < -0.4 is 4.89 Å². The molecule has 0 heterocycles. The van der Waals surface area contributed by atoms with E-state index in [2.05, 4.69) is 74.3 Å². The van der Waals surface area contributed by atoms with Gasteiger partial charge in [-0.1, -0.05) is 58.7 Å². The van der Waals surface area contributed by atoms with Gasteiger partial charge in [0.1, 0.15) is 0 Å². The van der Waals surface area contributed by atoms with E-state index in [-0.39, 0.29) is 10.6 Å². The quantitative estimate of drug-likeness (QED) is 0.0690. The first kappa shape index (κ1) is 34.2. The Morgan fingerprint density at radius 3 is 2.27 bits per heavy atom. The molecular formula is C33H60O4SSi2. The third-order valence-corrected chi connectivity index (χ3v) is 16.5. The highest BCUT2D eigenvalue weighted by Crippen LogP contribution is 2.60. The van der Waals surface area contributed by atoms with E-state index < -0.39 is 16.6 Å². The monoisotopic (exact) mass is 608 g/mol. The van der Waals surface area contributed by atoms with Crippen LogP contribution in [0.2, 0.25) is 37.8 Å². The van der Waals surface area contributed by atoms with Crippen molar-refractivity contribution >= 4 is 28.7 Å². The maximum Gasteiger partial charge on any atom is 0.192 e. The zero-order chi connectivity index (χ0) is 29.8. The van der Waals surface area contributed by atoms with Crippen molar-refractivity contribution in [3.05, 3.63) is 30.3 Å². The Morgan fingerprint density at radius 1 is 0.975 bits per heavy atom. The van der Waals surface area contributed by atoms with Crippen molar-refractivity contribution in [2.45, 2.75) is 142 Å². The van der Waals surface area contributed by atoms with E-state index >= 15 is 0 Å². The summed E-state index contributed by atoms with van der Waals surface area (Å²) in [6, 6.07) is 9.81. The Balaban J connectivity index is 1.70. The Bertz CT molecular complexity index is 911. The normalized spacial score (nSPS) is 26.9. The molecule has 2 aliphatic rings. The van der Waals surface area contributed by atoms with Gasteiger partial charge in [0.2, 0.25) is 0 Å². The SMILES string of the molecule is CC(C)(CCC[C@@H](CSOOc1ccccc1)C1CCC2[C@@H](O[Si](C)(C)C(C)(C)C)CCC[C@]12C)O[Si](C)(C)C. The summed E-state index contributed by atoms with van der Waals surface area (Å²) in [4.78, 5) is 5.60. The Hall–Kier alpha value is -0.316. The molecule has 2 saturated carbocycles. The molecule has 3 rings (SSSR count). The van der Waals surface area contributed by atoms with Crippen molar-refractivity contribution in [2.75, 3.05) is 5.75 Å². The van der Waals surface area contributed by atoms with Crippen LogP contribution in [-0.4, -0.2) is 34.1 Å². The highest BCUT2D eigenvalue weighted by molar-refractivity contribution is 7.94. The first-order valence-corrected chi connectivity index (χ1v) is 23.1. The van der Waals surface area contributed by atoms with Crippen LogP contribution in [0.15, 0.2) is 30.3 Å². The van der Waals surface area contributed by atoms with E-state index in [0.29, 0.717) is 29.3 Å². The van der Waals surface area contributed by atoms with E-state index in [1.165, 1.54) is 57.0 Å². The molecule has 2 fully saturated rings. The largest absolute Gasteiger partial charge is 0.414 e. The third-order valence-electron chi connectivity index (χ3n) is 10.1. The minimum Gasteiger partial charge on any atom is -0.414 e. The molecule has 2 unspecified atom stereocenters. The lowest BCUT2D eigenvalue weighted by Gasteiger charge is -2.50. The highest BCUT2D eigenvalue weighted by atomic mass is 32.2. The summed E-state index contributed by atoms with van der Waals surface area (Å²) in [5, 5.41) is 0.249. The lowest BCUT2D eigenvalue weighted by atomic mass is 9.61. The lowest BCUT2D eigenvalue weighted by Crippen LogP contribution is -2.50. The average Bonchev–Trinajstić information content (AvgIpc) is 3.16. The molecule has 0 spiro atoms. The number of hydrogen-bond donors (Lipinski definition) is 0. The van der Waals surface area contributed by atoms with Crippen LogP contribution in [-0.2, 0) is 13.2 Å². The van der Waals surface area contributed by atoms with Gasteiger partial charge in [0.15, 0.2) is 22.4 Å². The second-order valence-electron chi connectivity index (χ2n) is 16.0. The van der Waals surface area contributed by atoms with Crippen molar-refractivity contribution < 1.29 is 18.1 Å². The van der Waals surface area contributed by atoms with E-state index in [1.807, 2.05) is 30.3 Å². The molecule has 7 heteroatoms. The molecule has 0 radical (unpaired) electrons. The van der Waals surface area contributed by atoms with Crippen LogP contribution in [0.25, 0.3) is 0 Å². The number of benzene rings is 1. The summed E-state index contributed by atoms with van der Waals surface area (Å²) in [6.07, 6.45) is 10.4. The van der Waals surface area contributed by atoms with E-state index in [0.717, 1.165) is 17.9 Å². The molecule has 0 amide bonds. The van der Waals surface area contributed by atoms with Crippen LogP contribution >= 0.6 is 12.0 Å². The number of fused-ring (bicyclic) bond motifs is 1. The highest BCUT2D eigenvalue weighted by Gasteiger charge is 2.55. The molecule has 4 nitrogen and oxygen atoms in total. The van der Waals surface area contributed by atoms with Gasteiger partial charge in [-0.05, 0) is 125 Å². The van der Waals surface area contributed by atoms with Crippen molar-refractivity contribution in [3.8, 4) is 5.75 Å². The molecule has 230 valence electrons. The van der Waals surface area contributed by atoms with Gasteiger partial charge in [-0.3, -0.25) is 0 Å². The maximum atomic E-state index is 7.15. The fourth-order valence-corrected chi connectivity index (χ4v) is 11.3. The van der Waals surface area contributed by atoms with Gasteiger partial charge in [-0.15, -0.1) is 4.33 Å². The molecule has 2 aliphatic carbocycles. The van der Waals surface area contributed by atoms with Crippen LogP contribution in [0.3, 0.4) is 0 Å². The average molecular weight is 609 g/mol. The van der Waals surface area contributed by atoms with Gasteiger partial charge >= 0.3 is 0 Å². The summed E-state index contributed by atoms with van der Waals surface area (Å²) in [5.41, 5.74) is 0.269. The van der Waals surface area contributed by atoms with Gasteiger partial charge in [0.25, 0.3) is 0 Å². The minimum absolute atomic E-state index is 0.0653. The third kappa shape index (κ3) is 9.34. The molecule has 40 heavy (non-hydrogen) atoms. The fourth-order valence-electron chi connectivity index (χ4n) is 7.36. The van der Waals surface area contributed by atoms with Crippen LogP contribution in [0.4, 0.5) is 0 Å². The van der Waals surface area contributed by atoms with Crippen LogP contribution in [0.1, 0.15) is 92.9 Å². The van der Waals surface area contributed by atoms with E-state index in [9.17, 15) is 0 Å². The number of para-hydroxylation sites is 1. The Morgan fingerprint density at radius 2 is 1.65 bits per heavy atom. The molecule has 0 N–H and O–H groups in total. The van der Waals surface area contributed by atoms with Gasteiger partial charge in [0, 0.05) is 23.9 Å². The summed E-state index contributed by atoms with van der Waals surface area (Å²) < 4.78 is 19.4. The molecule has 5 atom stereocenters. The van der Waals surface area contributed by atoms with Gasteiger partial charge in [0.05, 0.1) is 5.60 Å². The van der Waals surface area contributed by atoms with Crippen molar-refractivity contribution in [2.24, 2.45) is 23.2 Å². The molecular weight excluding hydrogens is 549 g/mol. The summed E-state index contributed by atoms with van der Waals surface area (Å²) in [7, 11) is -3.39. The first-order chi connectivity index (χ1) is 18.4. The van der Waals surface area contributed by atoms with Crippen molar-refractivity contribution in [3.63, 3.8) is 0 Å². The van der Waals surface area contributed by atoms with Gasteiger partial charge in [-0.25, -0.2) is 0 Å². The van der Waals surface area contributed by atoms with Crippen LogP contribution in [0, 0.1) is 23.2 Å². The molecule has 0 saturated heterocycles. The van der Waals surface area contributed by atoms with E-state index in [4.69, 9.17) is 18.1 Å². The zero-order valence-corrected chi connectivity index (χ0v) is 30.4. The standard InChI is InChI=1S/C33H60O4SSi2/c1-31(2,3)40(10,11)35-30-20-16-24-33(6)28(21-22-29(30)33)26(17-15-23-32(4,5)36-39(7,8)9)25-38-37-34-27-18-13-12-14-19-27/h12-14,18-19,26,28-30H,15-17,20-25H2,1-11H3/t26-,28?,29?,30-,33+/m0/s1. The topological polar surface area (TPSA) is 36.9 Å². The summed E-state index contributed by atoms with van der Waals surface area (Å²) >= 11 is 1.49. The molecule has 0 aliphatic heterocycles. The number of hydrogen-bond acceptors (Lipinski definition) is 5. The predicted octanol–water partition coefficient (Wildman–Crippen LogP) is 10.7. The molecule has 1 aromatic carbocycles. The fraction of sp³-hybridized carbons (Fsp3) is 0.818. The molecule has 1 aromatic rings. The smallest absolute Gasteiger partial charge is 0.192 e. The Kier molecular flexibility index (Phi) is 11.6. The molecule has 0 aromatic heterocycles. The zero-order valence-electron chi connectivity index (χ0n) is 27.6. The van der Waals surface area contributed by atoms with Gasteiger partial charge < -0.3 is 13.7 Å². The van der Waals surface area contributed by atoms with Crippen molar-refractivity contribution in [1.29, 1.82) is 0 Å². The second kappa shape index (κ2) is 13.5. The maximum absolute atomic E-state index is 7.15. The summed E-state index contributed by atoms with van der Waals surface area (Å²) in [6.45, 7) is 26.0. The Labute approximate surface area is 253 Å². The van der Waals surface area contributed by atoms with Crippen molar-refractivity contribution in [1.82, 2.24) is 0 Å². The number of rotatable bonds is 14. The van der Waals surface area contributed by atoms with Gasteiger partial charge in [-0.2, -0.15) is 0 Å². The second-order valence-corrected chi connectivity index (χ2v) is 25.9. The minimum atomic E-state index is -1.81. The summed E-state index contributed by atoms with van der Waals surface area (Å²) in [5.74, 6) is 3.66. The first-order valence-electron chi connectivity index (χ1n) is 15.8. The van der Waals surface area contributed by atoms with Crippen LogP contribution in [0.5, 0.6) is 5.75 Å². The molecule has 0 bridgehead atoms. The lowest BCUT2D eigenvalue weighted by molar-refractivity contribution is -0.0785.